The third kappa shape index (κ3) is 5.02. The Kier molecular flexibility index (Phi) is 7.39. The van der Waals surface area contributed by atoms with E-state index in [9.17, 15) is 5.26 Å². The molecule has 1 heterocycles. The van der Waals surface area contributed by atoms with Crippen molar-refractivity contribution in [3.63, 3.8) is 0 Å². The van der Waals surface area contributed by atoms with Crippen molar-refractivity contribution in [2.45, 2.75) is 0 Å². The Morgan fingerprint density at radius 3 is 2.41 bits per heavy atom. The van der Waals surface area contributed by atoms with E-state index < -0.39 is 0 Å². The fourth-order valence-corrected chi connectivity index (χ4v) is 4.00. The number of fused-ring (bicyclic) bond motifs is 1. The summed E-state index contributed by atoms with van der Waals surface area (Å²) in [6.45, 7) is 1.03. The number of aromatic nitrogens is 1. The molecular weight excluding hydrogens is 473 g/mol. The summed E-state index contributed by atoms with van der Waals surface area (Å²) < 4.78 is 15.9. The topological polar surface area (TPSA) is 76.4 Å². The van der Waals surface area contributed by atoms with E-state index in [1.807, 2.05) is 42.5 Å². The minimum atomic E-state index is 0.391. The molecule has 0 spiro atoms. The largest absolute Gasteiger partial charge is 0.495 e. The normalized spacial score (nSPS) is 10.7. The van der Waals surface area contributed by atoms with Crippen molar-refractivity contribution in [2.24, 2.45) is 0 Å². The van der Waals surface area contributed by atoms with Gasteiger partial charge in [0.05, 0.1) is 46.2 Å². The van der Waals surface area contributed by atoms with E-state index >= 15 is 0 Å². The SMILES string of the molecule is COCCOc1ccc(-c2ccc3c(Nc4cc(OC)c(Cl)cc4Cl)c(C#N)cnc3c2)cc1. The number of halogens is 2. The number of methoxy groups -OCH3 is 2. The summed E-state index contributed by atoms with van der Waals surface area (Å²) in [6.07, 6.45) is 1.54. The molecule has 0 aliphatic carbocycles. The molecular formula is C26H21Cl2N3O3. The van der Waals surface area contributed by atoms with Gasteiger partial charge in [0.15, 0.2) is 0 Å². The molecule has 4 rings (SSSR count). The zero-order valence-electron chi connectivity index (χ0n) is 18.6. The van der Waals surface area contributed by atoms with Crippen LogP contribution >= 0.6 is 23.2 Å². The van der Waals surface area contributed by atoms with Crippen LogP contribution in [0.3, 0.4) is 0 Å². The summed E-state index contributed by atoms with van der Waals surface area (Å²) >= 11 is 12.6. The zero-order chi connectivity index (χ0) is 24.1. The highest BCUT2D eigenvalue weighted by Gasteiger charge is 2.14. The summed E-state index contributed by atoms with van der Waals surface area (Å²) in [4.78, 5) is 4.50. The molecule has 0 saturated heterocycles. The van der Waals surface area contributed by atoms with Crippen LogP contribution in [-0.2, 0) is 4.74 Å². The number of benzene rings is 3. The van der Waals surface area contributed by atoms with Gasteiger partial charge in [0.25, 0.3) is 0 Å². The number of nitrogens with one attached hydrogen (secondary N) is 1. The van der Waals surface area contributed by atoms with E-state index in [0.29, 0.717) is 45.9 Å². The minimum Gasteiger partial charge on any atom is -0.495 e. The number of ether oxygens (including phenoxy) is 3. The molecule has 0 unspecified atom stereocenters. The van der Waals surface area contributed by atoms with Crippen LogP contribution in [0.25, 0.3) is 22.0 Å². The molecule has 34 heavy (non-hydrogen) atoms. The summed E-state index contributed by atoms with van der Waals surface area (Å²) in [5.41, 5.74) is 4.31. The van der Waals surface area contributed by atoms with Crippen molar-refractivity contribution < 1.29 is 14.2 Å². The van der Waals surface area contributed by atoms with Crippen LogP contribution in [0.4, 0.5) is 11.4 Å². The van der Waals surface area contributed by atoms with Crippen LogP contribution in [0.1, 0.15) is 5.56 Å². The molecule has 0 aliphatic rings. The van der Waals surface area contributed by atoms with E-state index in [-0.39, 0.29) is 0 Å². The molecule has 6 nitrogen and oxygen atoms in total. The van der Waals surface area contributed by atoms with Crippen LogP contribution in [0.15, 0.2) is 60.8 Å². The van der Waals surface area contributed by atoms with Crippen LogP contribution in [0.5, 0.6) is 11.5 Å². The Morgan fingerprint density at radius 1 is 0.941 bits per heavy atom. The first-order chi connectivity index (χ1) is 16.5. The van der Waals surface area contributed by atoms with Gasteiger partial charge in [0, 0.05) is 24.8 Å². The smallest absolute Gasteiger partial charge is 0.139 e. The summed E-state index contributed by atoms with van der Waals surface area (Å²) in [5, 5.41) is 14.5. The van der Waals surface area contributed by atoms with Gasteiger partial charge in [-0.1, -0.05) is 47.5 Å². The first kappa shape index (κ1) is 23.7. The number of hydrogen-bond donors (Lipinski definition) is 1. The molecule has 8 heteroatoms. The summed E-state index contributed by atoms with van der Waals surface area (Å²) in [5.74, 6) is 1.25. The Balaban J connectivity index is 1.69. The van der Waals surface area contributed by atoms with Crippen molar-refractivity contribution >= 4 is 45.5 Å². The molecule has 1 aromatic heterocycles. The molecule has 172 valence electrons. The molecule has 1 N–H and O–H groups in total. The predicted molar refractivity (Wildman–Crippen MR) is 136 cm³/mol. The van der Waals surface area contributed by atoms with Gasteiger partial charge in [0.2, 0.25) is 0 Å². The molecule has 0 fully saturated rings. The lowest BCUT2D eigenvalue weighted by molar-refractivity contribution is 0.146. The van der Waals surface area contributed by atoms with E-state index in [1.165, 1.54) is 7.11 Å². The molecule has 0 radical (unpaired) electrons. The lowest BCUT2D eigenvalue weighted by atomic mass is 10.0. The van der Waals surface area contributed by atoms with Crippen LogP contribution in [-0.4, -0.2) is 32.4 Å². The second-order valence-corrected chi connectivity index (χ2v) is 8.16. The average Bonchev–Trinajstić information content (AvgIpc) is 2.86. The Morgan fingerprint density at radius 2 is 1.71 bits per heavy atom. The fraction of sp³-hybridized carbons (Fsp3) is 0.154. The van der Waals surface area contributed by atoms with Crippen LogP contribution in [0.2, 0.25) is 10.0 Å². The Hall–Kier alpha value is -3.50. The monoisotopic (exact) mass is 493 g/mol. The maximum absolute atomic E-state index is 9.68. The summed E-state index contributed by atoms with van der Waals surface area (Å²) in [6, 6.07) is 19.2. The molecule has 0 aliphatic heterocycles. The standard InChI is InChI=1S/C26H21Cl2N3O3/c1-32-9-10-34-19-6-3-16(4-7-19)17-5-8-20-23(11-17)30-15-18(14-29)26(20)31-24-13-25(33-2)22(28)12-21(24)27/h3-8,11-13,15H,9-10H2,1-2H3,(H,30,31). The van der Waals surface area contributed by atoms with Gasteiger partial charge in [-0.05, 0) is 35.4 Å². The quantitative estimate of drug-likeness (QED) is 0.270. The molecule has 0 bridgehead atoms. The number of hydrogen-bond acceptors (Lipinski definition) is 6. The molecule has 3 aromatic carbocycles. The van der Waals surface area contributed by atoms with E-state index in [2.05, 4.69) is 16.4 Å². The third-order valence-electron chi connectivity index (χ3n) is 5.23. The molecule has 4 aromatic rings. The van der Waals surface area contributed by atoms with Crippen LogP contribution in [0, 0.1) is 11.3 Å². The van der Waals surface area contributed by atoms with Crippen molar-refractivity contribution in [1.82, 2.24) is 4.98 Å². The number of nitriles is 1. The van der Waals surface area contributed by atoms with Gasteiger partial charge in [-0.3, -0.25) is 4.98 Å². The minimum absolute atomic E-state index is 0.391. The number of rotatable bonds is 8. The average molecular weight is 494 g/mol. The van der Waals surface area contributed by atoms with Crippen molar-refractivity contribution in [2.75, 3.05) is 32.8 Å². The highest BCUT2D eigenvalue weighted by Crippen LogP contribution is 2.38. The zero-order valence-corrected chi connectivity index (χ0v) is 20.1. The van der Waals surface area contributed by atoms with Crippen LogP contribution < -0.4 is 14.8 Å². The van der Waals surface area contributed by atoms with Gasteiger partial charge in [-0.2, -0.15) is 5.26 Å². The lowest BCUT2D eigenvalue weighted by Gasteiger charge is -2.15. The Bertz CT molecular complexity index is 1370. The van der Waals surface area contributed by atoms with Crippen molar-refractivity contribution in [3.8, 4) is 28.7 Å². The number of pyridine rings is 1. The van der Waals surface area contributed by atoms with E-state index in [0.717, 1.165) is 27.8 Å². The maximum atomic E-state index is 9.68. The highest BCUT2D eigenvalue weighted by molar-refractivity contribution is 6.37. The number of anilines is 2. The van der Waals surface area contributed by atoms with Crippen molar-refractivity contribution in [3.05, 3.63) is 76.4 Å². The van der Waals surface area contributed by atoms with Gasteiger partial charge in [-0.15, -0.1) is 0 Å². The fourth-order valence-electron chi connectivity index (χ4n) is 3.50. The first-order valence-corrected chi connectivity index (χ1v) is 11.1. The third-order valence-corrected chi connectivity index (χ3v) is 5.84. The lowest BCUT2D eigenvalue weighted by Crippen LogP contribution is -2.03. The summed E-state index contributed by atoms with van der Waals surface area (Å²) in [7, 11) is 3.17. The van der Waals surface area contributed by atoms with E-state index in [1.54, 1.807) is 25.4 Å². The second-order valence-electron chi connectivity index (χ2n) is 7.35. The molecule has 0 amide bonds. The first-order valence-electron chi connectivity index (χ1n) is 10.4. The predicted octanol–water partition coefficient (Wildman–Crippen LogP) is 6.86. The molecule has 0 atom stereocenters. The van der Waals surface area contributed by atoms with Gasteiger partial charge in [-0.25, -0.2) is 0 Å². The molecule has 0 saturated carbocycles. The van der Waals surface area contributed by atoms with Gasteiger partial charge in [0.1, 0.15) is 24.2 Å². The van der Waals surface area contributed by atoms with Gasteiger partial charge >= 0.3 is 0 Å². The highest BCUT2D eigenvalue weighted by atomic mass is 35.5. The van der Waals surface area contributed by atoms with Crippen molar-refractivity contribution in [1.29, 1.82) is 5.26 Å². The van der Waals surface area contributed by atoms with E-state index in [4.69, 9.17) is 37.4 Å². The second kappa shape index (κ2) is 10.6. The maximum Gasteiger partial charge on any atom is 0.139 e. The Labute approximate surface area is 207 Å². The van der Waals surface area contributed by atoms with Gasteiger partial charge < -0.3 is 19.5 Å². The number of nitrogens with zero attached hydrogens (tertiary/aromatic N) is 2.